The van der Waals surface area contributed by atoms with Gasteiger partial charge in [-0.2, -0.15) is 13.2 Å². The summed E-state index contributed by atoms with van der Waals surface area (Å²) in [4.78, 5) is 14.3. The van der Waals surface area contributed by atoms with E-state index in [0.717, 1.165) is 0 Å². The van der Waals surface area contributed by atoms with Crippen molar-refractivity contribution in [2.45, 2.75) is 13.1 Å². The number of nitrogens with zero attached hydrogens (tertiary/aromatic N) is 1. The van der Waals surface area contributed by atoms with Crippen LogP contribution in [-0.4, -0.2) is 10.9 Å². The molecule has 0 unspecified atom stereocenters. The molecule has 0 fully saturated rings. The number of hydrogen-bond donors (Lipinski definition) is 1. The Morgan fingerprint density at radius 1 is 1.47 bits per heavy atom. The minimum atomic E-state index is -4.40. The molecule has 2 aromatic rings. The SMILES string of the molecule is Cc1c(C(F)(F)F)sc2ncc(C(N)=O)cc12. The minimum Gasteiger partial charge on any atom is -0.366 e. The zero-order valence-corrected chi connectivity index (χ0v) is 9.45. The van der Waals surface area contributed by atoms with Crippen LogP contribution in [0.15, 0.2) is 12.3 Å². The molecule has 0 aliphatic rings. The van der Waals surface area contributed by atoms with Crippen molar-refractivity contribution in [1.82, 2.24) is 4.98 Å². The van der Waals surface area contributed by atoms with Crippen molar-refractivity contribution in [1.29, 1.82) is 0 Å². The van der Waals surface area contributed by atoms with E-state index in [2.05, 4.69) is 4.98 Å². The Hall–Kier alpha value is -1.63. The highest BCUT2D eigenvalue weighted by molar-refractivity contribution is 7.19. The van der Waals surface area contributed by atoms with Gasteiger partial charge in [0.2, 0.25) is 5.91 Å². The molecule has 7 heteroatoms. The normalized spacial score (nSPS) is 12.0. The van der Waals surface area contributed by atoms with Crippen LogP contribution in [0.3, 0.4) is 0 Å². The molecular formula is C10H7F3N2OS. The largest absolute Gasteiger partial charge is 0.425 e. The summed E-state index contributed by atoms with van der Waals surface area (Å²) >= 11 is 0.563. The number of rotatable bonds is 1. The highest BCUT2D eigenvalue weighted by Crippen LogP contribution is 2.40. The molecule has 2 N–H and O–H groups in total. The van der Waals surface area contributed by atoms with Gasteiger partial charge in [-0.3, -0.25) is 4.79 Å². The molecule has 0 atom stereocenters. The minimum absolute atomic E-state index is 0.0769. The average molecular weight is 260 g/mol. The van der Waals surface area contributed by atoms with Crippen LogP contribution in [0.2, 0.25) is 0 Å². The topological polar surface area (TPSA) is 56.0 Å². The molecule has 0 saturated carbocycles. The zero-order chi connectivity index (χ0) is 12.8. The fourth-order valence-electron chi connectivity index (χ4n) is 1.50. The molecule has 0 aromatic carbocycles. The number of carbonyl (C=O) groups excluding carboxylic acids is 1. The second-order valence-corrected chi connectivity index (χ2v) is 4.49. The van der Waals surface area contributed by atoms with Crippen molar-refractivity contribution in [3.63, 3.8) is 0 Å². The van der Waals surface area contributed by atoms with E-state index in [4.69, 9.17) is 5.73 Å². The van der Waals surface area contributed by atoms with Gasteiger partial charge < -0.3 is 5.73 Å². The van der Waals surface area contributed by atoms with Gasteiger partial charge in [-0.1, -0.05) is 0 Å². The first-order valence-corrected chi connectivity index (χ1v) is 5.38. The van der Waals surface area contributed by atoms with E-state index in [1.165, 1.54) is 19.2 Å². The third-order valence-electron chi connectivity index (χ3n) is 2.34. The summed E-state index contributed by atoms with van der Waals surface area (Å²) in [6, 6.07) is 1.34. The lowest BCUT2D eigenvalue weighted by Crippen LogP contribution is -2.10. The van der Waals surface area contributed by atoms with Crippen LogP contribution in [0.4, 0.5) is 13.2 Å². The van der Waals surface area contributed by atoms with E-state index < -0.39 is 17.0 Å². The molecule has 0 aliphatic carbocycles. The van der Waals surface area contributed by atoms with Crippen molar-refractivity contribution in [2.24, 2.45) is 5.73 Å². The summed E-state index contributed by atoms with van der Waals surface area (Å²) < 4.78 is 37.9. The standard InChI is InChI=1S/C10H7F3N2OS/c1-4-6-2-5(8(14)16)3-15-9(6)17-7(4)10(11,12)13/h2-3H,1H3,(H2,14,16). The number of aromatic nitrogens is 1. The van der Waals surface area contributed by atoms with Crippen molar-refractivity contribution in [3.05, 3.63) is 28.3 Å². The zero-order valence-electron chi connectivity index (χ0n) is 8.63. The second kappa shape index (κ2) is 3.69. The number of halogens is 3. The van der Waals surface area contributed by atoms with Crippen LogP contribution in [0.1, 0.15) is 20.8 Å². The van der Waals surface area contributed by atoms with Crippen LogP contribution < -0.4 is 5.73 Å². The van der Waals surface area contributed by atoms with E-state index in [0.29, 0.717) is 16.7 Å². The van der Waals surface area contributed by atoms with Crippen LogP contribution in [0, 0.1) is 6.92 Å². The lowest BCUT2D eigenvalue weighted by atomic mass is 10.1. The Morgan fingerprint density at radius 3 is 2.65 bits per heavy atom. The summed E-state index contributed by atoms with van der Waals surface area (Å²) in [6.07, 6.45) is -3.22. The molecule has 0 saturated heterocycles. The predicted octanol–water partition coefficient (Wildman–Crippen LogP) is 2.72. The number of aryl methyl sites for hydroxylation is 1. The van der Waals surface area contributed by atoms with Crippen LogP contribution >= 0.6 is 11.3 Å². The second-order valence-electron chi connectivity index (χ2n) is 3.49. The van der Waals surface area contributed by atoms with Gasteiger partial charge in [0.05, 0.1) is 5.56 Å². The Labute approximate surface area is 98.1 Å². The van der Waals surface area contributed by atoms with E-state index in [1.807, 2.05) is 0 Å². The molecule has 2 rings (SSSR count). The average Bonchev–Trinajstić information content (AvgIpc) is 2.55. The molecule has 17 heavy (non-hydrogen) atoms. The van der Waals surface area contributed by atoms with Crippen LogP contribution in [0.5, 0.6) is 0 Å². The fourth-order valence-corrected chi connectivity index (χ4v) is 2.50. The van der Waals surface area contributed by atoms with Gasteiger partial charge in [-0.15, -0.1) is 11.3 Å². The first kappa shape index (κ1) is 11.8. The number of thiophene rings is 1. The van der Waals surface area contributed by atoms with Gasteiger partial charge >= 0.3 is 6.18 Å². The van der Waals surface area contributed by atoms with E-state index >= 15 is 0 Å². The molecule has 2 heterocycles. The fraction of sp³-hybridized carbons (Fsp3) is 0.200. The van der Waals surface area contributed by atoms with Gasteiger partial charge in [-0.25, -0.2) is 4.98 Å². The smallest absolute Gasteiger partial charge is 0.366 e. The van der Waals surface area contributed by atoms with E-state index in [9.17, 15) is 18.0 Å². The van der Waals surface area contributed by atoms with Crippen molar-refractivity contribution < 1.29 is 18.0 Å². The lowest BCUT2D eigenvalue weighted by molar-refractivity contribution is -0.134. The van der Waals surface area contributed by atoms with Gasteiger partial charge in [0.25, 0.3) is 0 Å². The molecule has 90 valence electrons. The Balaban J connectivity index is 2.71. The monoisotopic (exact) mass is 260 g/mol. The molecule has 3 nitrogen and oxygen atoms in total. The predicted molar refractivity (Wildman–Crippen MR) is 57.9 cm³/mol. The maximum atomic E-state index is 12.6. The number of alkyl halides is 3. The Morgan fingerprint density at radius 2 is 2.12 bits per heavy atom. The molecular weight excluding hydrogens is 253 g/mol. The van der Waals surface area contributed by atoms with Crippen molar-refractivity contribution in [2.75, 3.05) is 0 Å². The molecule has 2 aromatic heterocycles. The third-order valence-corrected chi connectivity index (χ3v) is 3.60. The number of fused-ring (bicyclic) bond motifs is 1. The summed E-state index contributed by atoms with van der Waals surface area (Å²) in [6.45, 7) is 1.36. The maximum Gasteiger partial charge on any atom is 0.425 e. The quantitative estimate of drug-likeness (QED) is 0.857. The first-order chi connectivity index (χ1) is 7.80. The summed E-state index contributed by atoms with van der Waals surface area (Å²) in [5.41, 5.74) is 5.23. The van der Waals surface area contributed by atoms with Gasteiger partial charge in [0.1, 0.15) is 9.71 Å². The van der Waals surface area contributed by atoms with E-state index in [1.54, 1.807) is 0 Å². The molecule has 1 amide bonds. The van der Waals surface area contributed by atoms with Crippen LogP contribution in [-0.2, 0) is 6.18 Å². The molecule has 0 bridgehead atoms. The highest BCUT2D eigenvalue weighted by Gasteiger charge is 2.35. The van der Waals surface area contributed by atoms with Crippen LogP contribution in [0.25, 0.3) is 10.2 Å². The summed E-state index contributed by atoms with van der Waals surface area (Å²) in [5.74, 6) is -0.710. The Bertz CT molecular complexity index is 603. The third kappa shape index (κ3) is 1.97. The van der Waals surface area contributed by atoms with Gasteiger partial charge in [0, 0.05) is 11.6 Å². The number of amides is 1. The lowest BCUT2D eigenvalue weighted by Gasteiger charge is -2.03. The number of pyridine rings is 1. The Kier molecular flexibility index (Phi) is 2.57. The number of carbonyl (C=O) groups is 1. The first-order valence-electron chi connectivity index (χ1n) is 4.57. The summed E-state index contributed by atoms with van der Waals surface area (Å²) in [7, 11) is 0. The molecule has 0 spiro atoms. The summed E-state index contributed by atoms with van der Waals surface area (Å²) in [5, 5.41) is 0.318. The van der Waals surface area contributed by atoms with Crippen molar-refractivity contribution >= 4 is 27.5 Å². The highest BCUT2D eigenvalue weighted by atomic mass is 32.1. The number of primary amides is 1. The number of nitrogens with two attached hydrogens (primary N) is 1. The van der Waals surface area contributed by atoms with Crippen molar-refractivity contribution in [3.8, 4) is 0 Å². The van der Waals surface area contributed by atoms with Gasteiger partial charge in [-0.05, 0) is 18.6 Å². The molecule has 0 radical (unpaired) electrons. The number of hydrogen-bond acceptors (Lipinski definition) is 3. The van der Waals surface area contributed by atoms with Gasteiger partial charge in [0.15, 0.2) is 0 Å². The van der Waals surface area contributed by atoms with E-state index in [-0.39, 0.29) is 16.0 Å². The maximum absolute atomic E-state index is 12.6. The molecule has 0 aliphatic heterocycles.